The van der Waals surface area contributed by atoms with Gasteiger partial charge in [0.25, 0.3) is 0 Å². The van der Waals surface area contributed by atoms with Crippen LogP contribution in [-0.2, 0) is 13.1 Å². The predicted octanol–water partition coefficient (Wildman–Crippen LogP) is 2.23. The van der Waals surface area contributed by atoms with Gasteiger partial charge in [0.2, 0.25) is 0 Å². The third kappa shape index (κ3) is 2.10. The van der Waals surface area contributed by atoms with E-state index in [1.54, 1.807) is 0 Å². The quantitative estimate of drug-likeness (QED) is 0.902. The largest absolute Gasteiger partial charge is 0.325 e. The van der Waals surface area contributed by atoms with Gasteiger partial charge in [-0.3, -0.25) is 4.68 Å². The van der Waals surface area contributed by atoms with E-state index in [1.807, 2.05) is 28.7 Å². The minimum atomic E-state index is 0.517. The van der Waals surface area contributed by atoms with Crippen molar-refractivity contribution >= 4 is 11.8 Å². The van der Waals surface area contributed by atoms with Crippen LogP contribution >= 0.6 is 11.8 Å². The van der Waals surface area contributed by atoms with Gasteiger partial charge in [0.15, 0.2) is 0 Å². The summed E-state index contributed by atoms with van der Waals surface area (Å²) in [5.41, 5.74) is 7.99. The van der Waals surface area contributed by atoms with Gasteiger partial charge in [0, 0.05) is 35.9 Å². The third-order valence-electron chi connectivity index (χ3n) is 3.11. The van der Waals surface area contributed by atoms with Crippen molar-refractivity contribution in [3.63, 3.8) is 0 Å². The molecule has 0 saturated carbocycles. The molecule has 1 aromatic heterocycles. The van der Waals surface area contributed by atoms with Crippen molar-refractivity contribution in [3.05, 3.63) is 47.8 Å². The molecule has 3 nitrogen and oxygen atoms in total. The van der Waals surface area contributed by atoms with Crippen molar-refractivity contribution in [3.8, 4) is 0 Å². The highest BCUT2D eigenvalue weighted by atomic mass is 32.2. The summed E-state index contributed by atoms with van der Waals surface area (Å²) in [6.45, 7) is 1.47. The summed E-state index contributed by atoms with van der Waals surface area (Å²) in [7, 11) is 0. The molecule has 0 radical (unpaired) electrons. The molecule has 88 valence electrons. The van der Waals surface area contributed by atoms with Gasteiger partial charge in [-0.15, -0.1) is 11.8 Å². The van der Waals surface area contributed by atoms with Crippen LogP contribution < -0.4 is 5.73 Å². The first-order valence-electron chi connectivity index (χ1n) is 5.81. The molecule has 0 bridgehead atoms. The summed E-state index contributed by atoms with van der Waals surface area (Å²) in [6.07, 6.45) is 2.02. The lowest BCUT2D eigenvalue weighted by atomic mass is 10.0. The normalized spacial score (nSPS) is 18.3. The third-order valence-corrected chi connectivity index (χ3v) is 4.36. The molecule has 1 aromatic carbocycles. The van der Waals surface area contributed by atoms with Crippen molar-refractivity contribution in [2.24, 2.45) is 5.73 Å². The lowest BCUT2D eigenvalue weighted by molar-refractivity contribution is 0.544. The molecule has 2 N–H and O–H groups in total. The molecule has 0 saturated heterocycles. The second-order valence-electron chi connectivity index (χ2n) is 4.28. The Balaban J connectivity index is 1.79. The maximum absolute atomic E-state index is 5.57. The van der Waals surface area contributed by atoms with Gasteiger partial charge in [-0.25, -0.2) is 0 Å². The van der Waals surface area contributed by atoms with Crippen molar-refractivity contribution in [2.45, 2.75) is 23.9 Å². The summed E-state index contributed by atoms with van der Waals surface area (Å²) in [6, 6.07) is 10.6. The van der Waals surface area contributed by atoms with Crippen LogP contribution in [0.2, 0.25) is 0 Å². The Hall–Kier alpha value is -1.26. The van der Waals surface area contributed by atoms with E-state index in [-0.39, 0.29) is 0 Å². The number of nitrogens with two attached hydrogens (primary N) is 1. The first-order chi connectivity index (χ1) is 8.36. The number of fused-ring (bicyclic) bond motifs is 1. The minimum Gasteiger partial charge on any atom is -0.325 e. The van der Waals surface area contributed by atoms with E-state index >= 15 is 0 Å². The molecule has 0 fully saturated rings. The highest BCUT2D eigenvalue weighted by Crippen LogP contribution is 2.39. The number of aromatic nitrogens is 2. The Labute approximate surface area is 105 Å². The second kappa shape index (κ2) is 4.55. The van der Waals surface area contributed by atoms with Crippen LogP contribution in [0.3, 0.4) is 0 Å². The van der Waals surface area contributed by atoms with Gasteiger partial charge >= 0.3 is 0 Å². The Bertz CT molecular complexity index is 521. The van der Waals surface area contributed by atoms with E-state index in [4.69, 9.17) is 5.73 Å². The fraction of sp³-hybridized carbons (Fsp3) is 0.308. The molecule has 0 amide bonds. The summed E-state index contributed by atoms with van der Waals surface area (Å²) in [5.74, 6) is 1.72. The van der Waals surface area contributed by atoms with Crippen molar-refractivity contribution in [1.29, 1.82) is 0 Å². The van der Waals surface area contributed by atoms with E-state index in [1.165, 1.54) is 10.5 Å². The Morgan fingerprint density at radius 1 is 1.35 bits per heavy atom. The number of hydrogen-bond acceptors (Lipinski definition) is 3. The van der Waals surface area contributed by atoms with Crippen LogP contribution in [0.4, 0.5) is 0 Å². The van der Waals surface area contributed by atoms with Crippen LogP contribution in [0, 0.1) is 0 Å². The summed E-state index contributed by atoms with van der Waals surface area (Å²) in [5, 5.41) is 4.45. The lowest BCUT2D eigenvalue weighted by Gasteiger charge is -2.10. The van der Waals surface area contributed by atoms with Gasteiger partial charge in [-0.1, -0.05) is 18.2 Å². The Kier molecular flexibility index (Phi) is 2.91. The van der Waals surface area contributed by atoms with Gasteiger partial charge in [0.05, 0.1) is 5.69 Å². The zero-order chi connectivity index (χ0) is 11.7. The van der Waals surface area contributed by atoms with Crippen molar-refractivity contribution in [2.75, 3.05) is 5.75 Å². The van der Waals surface area contributed by atoms with Crippen LogP contribution in [-0.4, -0.2) is 15.5 Å². The molecule has 1 aliphatic heterocycles. The van der Waals surface area contributed by atoms with E-state index in [2.05, 4.69) is 29.4 Å². The highest BCUT2D eigenvalue weighted by molar-refractivity contribution is 7.99. The monoisotopic (exact) mass is 245 g/mol. The number of thioether (sulfide) groups is 1. The van der Waals surface area contributed by atoms with Gasteiger partial charge < -0.3 is 5.73 Å². The average Bonchev–Trinajstić information content (AvgIpc) is 2.97. The average molecular weight is 245 g/mol. The molecule has 17 heavy (non-hydrogen) atoms. The molecule has 1 aliphatic rings. The molecule has 0 aliphatic carbocycles. The first kappa shape index (κ1) is 10.9. The van der Waals surface area contributed by atoms with Crippen molar-refractivity contribution in [1.82, 2.24) is 9.78 Å². The summed E-state index contributed by atoms with van der Waals surface area (Å²) in [4.78, 5) is 1.42. The predicted molar refractivity (Wildman–Crippen MR) is 70.0 cm³/mol. The standard InChI is InChI=1S/C13H15N3S/c14-7-11-5-6-16(15-11)8-10-9-17-13-4-2-1-3-12(10)13/h1-6,10H,7-9,14H2. The lowest BCUT2D eigenvalue weighted by Crippen LogP contribution is -2.10. The summed E-state index contributed by atoms with van der Waals surface area (Å²) >= 11 is 1.94. The zero-order valence-corrected chi connectivity index (χ0v) is 10.4. The van der Waals surface area contributed by atoms with Crippen molar-refractivity contribution < 1.29 is 0 Å². The maximum atomic E-state index is 5.57. The van der Waals surface area contributed by atoms with Gasteiger partial charge in [0.1, 0.15) is 0 Å². The molecule has 2 heterocycles. The van der Waals surface area contributed by atoms with Gasteiger partial charge in [-0.05, 0) is 17.7 Å². The van der Waals surface area contributed by atoms with E-state index in [0.717, 1.165) is 18.0 Å². The zero-order valence-electron chi connectivity index (χ0n) is 9.54. The molecule has 4 heteroatoms. The van der Waals surface area contributed by atoms with E-state index in [0.29, 0.717) is 12.5 Å². The molecular formula is C13H15N3S. The molecular weight excluding hydrogens is 230 g/mol. The molecule has 2 aromatic rings. The van der Waals surface area contributed by atoms with Crippen LogP contribution in [0.1, 0.15) is 17.2 Å². The van der Waals surface area contributed by atoms with Crippen LogP contribution in [0.25, 0.3) is 0 Å². The molecule has 1 atom stereocenters. The summed E-state index contributed by atoms with van der Waals surface area (Å²) < 4.78 is 2.01. The molecule has 3 rings (SSSR count). The Morgan fingerprint density at radius 3 is 3.06 bits per heavy atom. The number of nitrogens with zero attached hydrogens (tertiary/aromatic N) is 2. The first-order valence-corrected chi connectivity index (χ1v) is 6.79. The second-order valence-corrected chi connectivity index (χ2v) is 5.34. The fourth-order valence-electron chi connectivity index (χ4n) is 2.22. The van der Waals surface area contributed by atoms with Crippen LogP contribution in [0.5, 0.6) is 0 Å². The smallest absolute Gasteiger partial charge is 0.0760 e. The number of rotatable bonds is 3. The number of hydrogen-bond donors (Lipinski definition) is 1. The Morgan fingerprint density at radius 2 is 2.24 bits per heavy atom. The topological polar surface area (TPSA) is 43.8 Å². The SMILES string of the molecule is NCc1ccn(CC2CSc3ccccc32)n1. The van der Waals surface area contributed by atoms with E-state index in [9.17, 15) is 0 Å². The highest BCUT2D eigenvalue weighted by Gasteiger charge is 2.23. The minimum absolute atomic E-state index is 0.517. The fourth-order valence-corrected chi connectivity index (χ4v) is 3.46. The maximum Gasteiger partial charge on any atom is 0.0760 e. The molecule has 1 unspecified atom stereocenters. The molecule has 0 spiro atoms. The number of benzene rings is 1. The van der Waals surface area contributed by atoms with Gasteiger partial charge in [-0.2, -0.15) is 5.10 Å². The van der Waals surface area contributed by atoms with Crippen LogP contribution in [0.15, 0.2) is 41.4 Å². The van der Waals surface area contributed by atoms with E-state index < -0.39 is 0 Å².